The van der Waals surface area contributed by atoms with Crippen LogP contribution in [0, 0.1) is 5.95 Å². The Balaban J connectivity index is 2.77. The van der Waals surface area contributed by atoms with Crippen molar-refractivity contribution in [2.75, 3.05) is 6.61 Å². The Hall–Kier alpha value is -2.02. The Kier molecular flexibility index (Phi) is 4.53. The standard InChI is InChI=1S/C10H11FN2O4/c11-8-6(2-1-4-12-8)9(15)13-7(3-5-14)10(16)17/h1-2,4,7,14H,3,5H2,(H,13,15)(H,16,17). The highest BCUT2D eigenvalue weighted by molar-refractivity contribution is 5.96. The molecule has 0 saturated carbocycles. The van der Waals surface area contributed by atoms with E-state index in [0.717, 1.165) is 0 Å². The summed E-state index contributed by atoms with van der Waals surface area (Å²) >= 11 is 0. The number of halogens is 1. The molecule has 0 aliphatic rings. The molecule has 0 bridgehead atoms. The van der Waals surface area contributed by atoms with Crippen LogP contribution in [0.5, 0.6) is 0 Å². The molecule has 1 rings (SSSR count). The average Bonchev–Trinajstić information content (AvgIpc) is 2.28. The molecule has 92 valence electrons. The maximum Gasteiger partial charge on any atom is 0.326 e. The van der Waals surface area contributed by atoms with Gasteiger partial charge in [-0.1, -0.05) is 0 Å². The molecular formula is C10H11FN2O4. The lowest BCUT2D eigenvalue weighted by atomic mass is 10.2. The largest absolute Gasteiger partial charge is 0.480 e. The molecule has 0 aliphatic carbocycles. The minimum absolute atomic E-state index is 0.150. The van der Waals surface area contributed by atoms with E-state index in [0.29, 0.717) is 0 Å². The van der Waals surface area contributed by atoms with E-state index in [2.05, 4.69) is 10.3 Å². The Morgan fingerprint density at radius 2 is 2.24 bits per heavy atom. The first-order valence-electron chi connectivity index (χ1n) is 4.81. The second-order valence-corrected chi connectivity index (χ2v) is 3.22. The molecule has 6 nitrogen and oxygen atoms in total. The van der Waals surface area contributed by atoms with E-state index in [4.69, 9.17) is 10.2 Å². The molecule has 0 spiro atoms. The second-order valence-electron chi connectivity index (χ2n) is 3.22. The summed E-state index contributed by atoms with van der Waals surface area (Å²) in [5.41, 5.74) is -0.336. The fourth-order valence-electron chi connectivity index (χ4n) is 1.18. The predicted octanol–water partition coefficient (Wildman–Crippen LogP) is -0.214. The highest BCUT2D eigenvalue weighted by Gasteiger charge is 2.21. The fourth-order valence-corrected chi connectivity index (χ4v) is 1.18. The fraction of sp³-hybridized carbons (Fsp3) is 0.300. The highest BCUT2D eigenvalue weighted by atomic mass is 19.1. The third kappa shape index (κ3) is 3.49. The van der Waals surface area contributed by atoms with Crippen molar-refractivity contribution in [1.29, 1.82) is 0 Å². The van der Waals surface area contributed by atoms with Gasteiger partial charge >= 0.3 is 5.97 Å². The lowest BCUT2D eigenvalue weighted by molar-refractivity contribution is -0.139. The van der Waals surface area contributed by atoms with E-state index in [9.17, 15) is 14.0 Å². The van der Waals surface area contributed by atoms with Crippen LogP contribution in [0.4, 0.5) is 4.39 Å². The first-order valence-corrected chi connectivity index (χ1v) is 4.81. The Labute approximate surface area is 96.1 Å². The number of aromatic nitrogens is 1. The lowest BCUT2D eigenvalue weighted by Crippen LogP contribution is -2.41. The van der Waals surface area contributed by atoms with Crippen LogP contribution < -0.4 is 5.32 Å². The zero-order valence-electron chi connectivity index (χ0n) is 8.76. The summed E-state index contributed by atoms with van der Waals surface area (Å²) in [4.78, 5) is 25.5. The van der Waals surface area contributed by atoms with Crippen molar-refractivity contribution >= 4 is 11.9 Å². The van der Waals surface area contributed by atoms with Gasteiger partial charge in [0.2, 0.25) is 5.95 Å². The van der Waals surface area contributed by atoms with Gasteiger partial charge in [0, 0.05) is 19.2 Å². The summed E-state index contributed by atoms with van der Waals surface area (Å²) in [6.07, 6.45) is 1.03. The normalized spacial score (nSPS) is 11.9. The third-order valence-corrected chi connectivity index (χ3v) is 2.02. The highest BCUT2D eigenvalue weighted by Crippen LogP contribution is 2.04. The number of carbonyl (C=O) groups is 2. The molecule has 3 N–H and O–H groups in total. The van der Waals surface area contributed by atoms with Crippen LogP contribution in [0.1, 0.15) is 16.8 Å². The molecule has 1 unspecified atom stereocenters. The Bertz CT molecular complexity index is 425. The third-order valence-electron chi connectivity index (χ3n) is 2.02. The van der Waals surface area contributed by atoms with E-state index >= 15 is 0 Å². The van der Waals surface area contributed by atoms with Gasteiger partial charge in [0.1, 0.15) is 6.04 Å². The molecule has 0 fully saturated rings. The van der Waals surface area contributed by atoms with Gasteiger partial charge in [-0.05, 0) is 12.1 Å². The number of nitrogens with zero attached hydrogens (tertiary/aromatic N) is 1. The molecule has 1 amide bonds. The summed E-state index contributed by atoms with van der Waals surface area (Å²) in [7, 11) is 0. The van der Waals surface area contributed by atoms with E-state index in [1.807, 2.05) is 0 Å². The second kappa shape index (κ2) is 5.90. The van der Waals surface area contributed by atoms with Gasteiger partial charge in [-0.2, -0.15) is 4.39 Å². The van der Waals surface area contributed by atoms with Crippen LogP contribution in [-0.2, 0) is 4.79 Å². The molecule has 1 atom stereocenters. The van der Waals surface area contributed by atoms with Crippen LogP contribution in [-0.4, -0.2) is 39.7 Å². The van der Waals surface area contributed by atoms with Crippen molar-refractivity contribution in [3.05, 3.63) is 29.8 Å². The van der Waals surface area contributed by atoms with Crippen molar-refractivity contribution in [2.24, 2.45) is 0 Å². The maximum atomic E-state index is 13.1. The van der Waals surface area contributed by atoms with Crippen molar-refractivity contribution in [3.8, 4) is 0 Å². The van der Waals surface area contributed by atoms with Gasteiger partial charge in [0.15, 0.2) is 0 Å². The maximum absolute atomic E-state index is 13.1. The summed E-state index contributed by atoms with van der Waals surface area (Å²) in [6, 6.07) is 1.29. The summed E-state index contributed by atoms with van der Waals surface area (Å²) < 4.78 is 13.1. The van der Waals surface area contributed by atoms with Gasteiger partial charge in [0.05, 0.1) is 5.56 Å². The van der Waals surface area contributed by atoms with Crippen molar-refractivity contribution in [3.63, 3.8) is 0 Å². The molecule has 1 aromatic rings. The molecular weight excluding hydrogens is 231 g/mol. The topological polar surface area (TPSA) is 99.5 Å². The van der Waals surface area contributed by atoms with Gasteiger partial charge in [-0.25, -0.2) is 9.78 Å². The molecule has 1 heterocycles. The van der Waals surface area contributed by atoms with E-state index in [1.54, 1.807) is 0 Å². The SMILES string of the molecule is O=C(NC(CCO)C(=O)O)c1cccnc1F. The number of aliphatic carboxylic acids is 1. The van der Waals surface area contributed by atoms with Gasteiger partial charge in [0.25, 0.3) is 5.91 Å². The number of pyridine rings is 1. The average molecular weight is 242 g/mol. The number of carboxylic acid groups (broad SMARTS) is 1. The van der Waals surface area contributed by atoms with Crippen molar-refractivity contribution in [2.45, 2.75) is 12.5 Å². The molecule has 1 aromatic heterocycles. The summed E-state index contributed by atoms with van der Waals surface area (Å²) in [5.74, 6) is -3.15. The van der Waals surface area contributed by atoms with Crippen LogP contribution in [0.15, 0.2) is 18.3 Å². The van der Waals surface area contributed by atoms with Gasteiger partial charge < -0.3 is 15.5 Å². The number of aliphatic hydroxyl groups is 1. The number of carboxylic acids is 1. The van der Waals surface area contributed by atoms with Gasteiger partial charge in [-0.3, -0.25) is 4.79 Å². The van der Waals surface area contributed by atoms with Crippen molar-refractivity contribution in [1.82, 2.24) is 10.3 Å². The number of nitrogens with one attached hydrogen (secondary N) is 1. The molecule has 0 radical (unpaired) electrons. The lowest BCUT2D eigenvalue weighted by Gasteiger charge is -2.13. The summed E-state index contributed by atoms with van der Waals surface area (Å²) in [6.45, 7) is -0.396. The minimum Gasteiger partial charge on any atom is -0.480 e. The van der Waals surface area contributed by atoms with Crippen LogP contribution >= 0.6 is 0 Å². The number of hydrogen-bond acceptors (Lipinski definition) is 4. The zero-order valence-corrected chi connectivity index (χ0v) is 8.76. The summed E-state index contributed by atoms with van der Waals surface area (Å²) in [5, 5.41) is 19.5. The number of carbonyl (C=O) groups excluding carboxylic acids is 1. The molecule has 17 heavy (non-hydrogen) atoms. The van der Waals surface area contributed by atoms with Crippen LogP contribution in [0.25, 0.3) is 0 Å². The van der Waals surface area contributed by atoms with Crippen LogP contribution in [0.2, 0.25) is 0 Å². The number of aliphatic hydroxyl groups excluding tert-OH is 1. The van der Waals surface area contributed by atoms with Crippen molar-refractivity contribution < 1.29 is 24.2 Å². The first-order chi connectivity index (χ1) is 8.06. The zero-order chi connectivity index (χ0) is 12.8. The minimum atomic E-state index is -1.29. The first kappa shape index (κ1) is 13.0. The van der Waals surface area contributed by atoms with Gasteiger partial charge in [-0.15, -0.1) is 0 Å². The molecule has 0 saturated heterocycles. The smallest absolute Gasteiger partial charge is 0.326 e. The quantitative estimate of drug-likeness (QED) is 0.620. The number of amides is 1. The Morgan fingerprint density at radius 3 is 2.76 bits per heavy atom. The van der Waals surface area contributed by atoms with E-state index in [-0.39, 0.29) is 12.0 Å². The Morgan fingerprint density at radius 1 is 1.53 bits per heavy atom. The molecule has 0 aromatic carbocycles. The molecule has 0 aliphatic heterocycles. The monoisotopic (exact) mass is 242 g/mol. The number of hydrogen-bond donors (Lipinski definition) is 3. The molecule has 7 heteroatoms. The van der Waals surface area contributed by atoms with E-state index < -0.39 is 30.5 Å². The predicted molar refractivity (Wildman–Crippen MR) is 54.8 cm³/mol. The number of rotatable bonds is 5. The van der Waals surface area contributed by atoms with E-state index in [1.165, 1.54) is 18.3 Å². The van der Waals surface area contributed by atoms with Crippen LogP contribution in [0.3, 0.4) is 0 Å².